The summed E-state index contributed by atoms with van der Waals surface area (Å²) in [6.45, 7) is 2.05. The standard InChI is InChI=1S/C40H26N2O2S/c1-2-38-41-34-16-9-17-36-39(34)42(38)35-21-19-25(23-37(35)45(36,43)44)24-18-20-29-28-12-5-8-15-32(28)40(33(29)22-24)30-13-6-3-10-26(30)27-11-4-7-14-31(27)40/h3-23H,2H2,1H3. The van der Waals surface area contributed by atoms with Gasteiger partial charge in [-0.15, -0.1) is 0 Å². The van der Waals surface area contributed by atoms with Crippen LogP contribution in [0.1, 0.15) is 35.0 Å². The van der Waals surface area contributed by atoms with Crippen molar-refractivity contribution in [3.05, 3.63) is 155 Å². The van der Waals surface area contributed by atoms with E-state index in [9.17, 15) is 8.42 Å². The highest BCUT2D eigenvalue weighted by molar-refractivity contribution is 7.92. The number of aromatic nitrogens is 2. The molecular formula is C40H26N2O2S. The molecule has 0 bridgehead atoms. The molecule has 6 aromatic carbocycles. The number of aryl methyl sites for hydroxylation is 1. The minimum Gasteiger partial charge on any atom is -0.294 e. The first-order valence-corrected chi connectivity index (χ1v) is 16.9. The average molecular weight is 599 g/mol. The molecule has 1 aliphatic heterocycles. The number of fused-ring (bicyclic) bond motifs is 12. The molecule has 4 nitrogen and oxygen atoms in total. The second-order valence-electron chi connectivity index (χ2n) is 12.2. The van der Waals surface area contributed by atoms with Crippen molar-refractivity contribution < 1.29 is 8.42 Å². The Kier molecular flexibility index (Phi) is 4.72. The van der Waals surface area contributed by atoms with Crippen LogP contribution < -0.4 is 0 Å². The molecule has 0 amide bonds. The van der Waals surface area contributed by atoms with Gasteiger partial charge in [0.15, 0.2) is 0 Å². The van der Waals surface area contributed by atoms with Gasteiger partial charge in [-0.2, -0.15) is 0 Å². The van der Waals surface area contributed by atoms with Crippen molar-refractivity contribution in [3.8, 4) is 39.1 Å². The third kappa shape index (κ3) is 2.92. The first-order chi connectivity index (χ1) is 22.0. The Labute approximate surface area is 261 Å². The quantitative estimate of drug-likeness (QED) is 0.200. The Morgan fingerprint density at radius 2 is 1.18 bits per heavy atom. The van der Waals surface area contributed by atoms with Crippen LogP contribution in [0.25, 0.3) is 50.1 Å². The molecule has 7 aromatic rings. The predicted molar refractivity (Wildman–Crippen MR) is 178 cm³/mol. The van der Waals surface area contributed by atoms with Crippen molar-refractivity contribution in [2.24, 2.45) is 0 Å². The van der Waals surface area contributed by atoms with Crippen molar-refractivity contribution >= 4 is 20.9 Å². The molecule has 0 atom stereocenters. The summed E-state index contributed by atoms with van der Waals surface area (Å²) in [5.74, 6) is 0.858. The van der Waals surface area contributed by atoms with Gasteiger partial charge in [-0.25, -0.2) is 13.4 Å². The minimum absolute atomic E-state index is 0.319. The number of sulfone groups is 1. The summed E-state index contributed by atoms with van der Waals surface area (Å²) in [5, 5.41) is 0. The summed E-state index contributed by atoms with van der Waals surface area (Å²) < 4.78 is 30.3. The van der Waals surface area contributed by atoms with Crippen LogP contribution in [0.15, 0.2) is 137 Å². The highest BCUT2D eigenvalue weighted by atomic mass is 32.2. The van der Waals surface area contributed by atoms with E-state index >= 15 is 0 Å². The number of rotatable bonds is 2. The number of hydrogen-bond acceptors (Lipinski definition) is 3. The molecule has 0 fully saturated rings. The minimum atomic E-state index is -3.75. The predicted octanol–water partition coefficient (Wildman–Crippen LogP) is 8.74. The summed E-state index contributed by atoms with van der Waals surface area (Å²) in [4.78, 5) is 5.42. The Morgan fingerprint density at radius 3 is 1.82 bits per heavy atom. The van der Waals surface area contributed by atoms with Gasteiger partial charge in [0, 0.05) is 6.42 Å². The fourth-order valence-corrected chi connectivity index (χ4v) is 10.0. The van der Waals surface area contributed by atoms with Crippen molar-refractivity contribution in [3.63, 3.8) is 0 Å². The van der Waals surface area contributed by atoms with E-state index in [-0.39, 0.29) is 0 Å². The molecule has 0 N–H and O–H groups in total. The Morgan fingerprint density at radius 1 is 0.600 bits per heavy atom. The lowest BCUT2D eigenvalue weighted by molar-refractivity contribution is 0.594. The SMILES string of the molecule is CCc1nc2cccc3c2n1-c1ccc(-c2ccc4c(c2)C2(c5ccccc5-c5ccccc52)c2ccccc2-4)cc1S3(=O)=O. The van der Waals surface area contributed by atoms with E-state index in [4.69, 9.17) is 4.98 Å². The largest absolute Gasteiger partial charge is 0.294 e. The van der Waals surface area contributed by atoms with Gasteiger partial charge in [0.25, 0.3) is 0 Å². The maximum absolute atomic E-state index is 14.1. The molecule has 3 aliphatic rings. The average Bonchev–Trinajstić information content (AvgIpc) is 3.71. The molecule has 0 radical (unpaired) electrons. The topological polar surface area (TPSA) is 52.0 Å². The van der Waals surface area contributed by atoms with Crippen LogP contribution in [-0.4, -0.2) is 18.0 Å². The van der Waals surface area contributed by atoms with Crippen molar-refractivity contribution in [2.45, 2.75) is 28.6 Å². The maximum Gasteiger partial charge on any atom is 0.210 e. The zero-order valence-corrected chi connectivity index (χ0v) is 25.3. The molecule has 2 aliphatic carbocycles. The Hall–Kier alpha value is -5.26. The van der Waals surface area contributed by atoms with Crippen LogP contribution in [0, 0.1) is 0 Å². The summed E-state index contributed by atoms with van der Waals surface area (Å²) in [7, 11) is -3.75. The number of benzene rings is 6. The lowest BCUT2D eigenvalue weighted by atomic mass is 9.70. The fraction of sp³-hybridized carbons (Fsp3) is 0.0750. The zero-order chi connectivity index (χ0) is 30.1. The molecule has 214 valence electrons. The Bertz CT molecular complexity index is 2500. The Balaban J connectivity index is 1.24. The number of hydrogen-bond donors (Lipinski definition) is 0. The van der Waals surface area contributed by atoms with Gasteiger partial charge in [-0.3, -0.25) is 4.57 Å². The normalized spacial score (nSPS) is 15.4. The second-order valence-corrected chi connectivity index (χ2v) is 14.1. The molecule has 0 saturated carbocycles. The fourth-order valence-electron chi connectivity index (χ4n) is 8.34. The van der Waals surface area contributed by atoms with Crippen LogP contribution in [0.3, 0.4) is 0 Å². The molecule has 0 saturated heterocycles. The molecule has 1 spiro atoms. The van der Waals surface area contributed by atoms with Crippen LogP contribution in [0.4, 0.5) is 0 Å². The third-order valence-corrected chi connectivity index (χ3v) is 11.9. The first-order valence-electron chi connectivity index (χ1n) is 15.4. The second kappa shape index (κ2) is 8.46. The van der Waals surface area contributed by atoms with Gasteiger partial charge in [-0.1, -0.05) is 104 Å². The highest BCUT2D eigenvalue weighted by Gasteiger charge is 2.51. The highest BCUT2D eigenvalue weighted by Crippen LogP contribution is 2.63. The van der Waals surface area contributed by atoms with Crippen LogP contribution in [0.2, 0.25) is 0 Å². The van der Waals surface area contributed by atoms with Crippen LogP contribution in [-0.2, 0) is 21.7 Å². The number of para-hydroxylation sites is 1. The molecule has 45 heavy (non-hydrogen) atoms. The lowest BCUT2D eigenvalue weighted by Gasteiger charge is -2.30. The van der Waals surface area contributed by atoms with Gasteiger partial charge in [0.05, 0.1) is 31.9 Å². The summed E-state index contributed by atoms with van der Waals surface area (Å²) >= 11 is 0. The van der Waals surface area contributed by atoms with Crippen molar-refractivity contribution in [2.75, 3.05) is 0 Å². The van der Waals surface area contributed by atoms with Crippen LogP contribution in [0.5, 0.6) is 0 Å². The molecule has 5 heteroatoms. The van der Waals surface area contributed by atoms with E-state index in [0.29, 0.717) is 32.9 Å². The molecule has 10 rings (SSSR count). The molecule has 2 heterocycles. The smallest absolute Gasteiger partial charge is 0.210 e. The van der Waals surface area contributed by atoms with Gasteiger partial charge >= 0.3 is 0 Å². The van der Waals surface area contributed by atoms with E-state index in [1.807, 2.05) is 22.8 Å². The molecular weight excluding hydrogens is 573 g/mol. The third-order valence-electron chi connectivity index (χ3n) is 10.1. The molecule has 0 unspecified atom stereocenters. The van der Waals surface area contributed by atoms with Crippen LogP contribution >= 0.6 is 0 Å². The van der Waals surface area contributed by atoms with E-state index in [1.54, 1.807) is 12.1 Å². The van der Waals surface area contributed by atoms with Gasteiger partial charge in [0.2, 0.25) is 9.84 Å². The summed E-state index contributed by atoms with van der Waals surface area (Å²) in [6, 6.07) is 44.2. The van der Waals surface area contributed by atoms with E-state index < -0.39 is 15.3 Å². The number of imidazole rings is 1. The first kappa shape index (κ1) is 25.1. The summed E-state index contributed by atoms with van der Waals surface area (Å²) in [6.07, 6.45) is 0.700. The van der Waals surface area contributed by atoms with E-state index in [0.717, 1.165) is 17.0 Å². The van der Waals surface area contributed by atoms with E-state index in [1.165, 1.54) is 44.5 Å². The van der Waals surface area contributed by atoms with Gasteiger partial charge in [-0.05, 0) is 86.0 Å². The van der Waals surface area contributed by atoms with E-state index in [2.05, 4.69) is 104 Å². The van der Waals surface area contributed by atoms with Crippen molar-refractivity contribution in [1.82, 2.24) is 9.55 Å². The van der Waals surface area contributed by atoms with Gasteiger partial charge in [0.1, 0.15) is 5.82 Å². The van der Waals surface area contributed by atoms with Crippen molar-refractivity contribution in [1.29, 1.82) is 0 Å². The monoisotopic (exact) mass is 598 g/mol. The summed E-state index contributed by atoms with van der Waals surface area (Å²) in [5.41, 5.74) is 13.5. The number of nitrogens with zero attached hydrogens (tertiary/aromatic N) is 2. The van der Waals surface area contributed by atoms with Gasteiger partial charge < -0.3 is 0 Å². The zero-order valence-electron chi connectivity index (χ0n) is 24.5. The lowest BCUT2D eigenvalue weighted by Crippen LogP contribution is -2.25. The maximum atomic E-state index is 14.1. The molecule has 1 aromatic heterocycles.